The zero-order chi connectivity index (χ0) is 21.7. The highest BCUT2D eigenvalue weighted by Gasteiger charge is 2.24. The number of aryl methyl sites for hydroxylation is 1. The number of amides is 2. The highest BCUT2D eigenvalue weighted by atomic mass is 16.6. The molecular weight excluding hydrogens is 390 g/mol. The van der Waals surface area contributed by atoms with Crippen molar-refractivity contribution in [3.05, 3.63) is 45.7 Å². The maximum absolute atomic E-state index is 12.7. The van der Waals surface area contributed by atoms with Crippen molar-refractivity contribution in [3.8, 4) is 0 Å². The number of likely N-dealkylation sites (N-methyl/N-ethyl adjacent to an activating group) is 1. The van der Waals surface area contributed by atoms with Crippen molar-refractivity contribution < 1.29 is 19.0 Å². The SMILES string of the molecule is Cc1cc(NC(=O)CN(C)C(=O)c2ccc(N3CCCCCC3)c([N+](=O)[O-])c2)no1. The van der Waals surface area contributed by atoms with E-state index in [1.165, 1.54) is 18.0 Å². The molecule has 2 amide bonds. The third-order valence-corrected chi connectivity index (χ3v) is 4.99. The summed E-state index contributed by atoms with van der Waals surface area (Å²) in [5.74, 6) is -0.121. The van der Waals surface area contributed by atoms with Crippen molar-refractivity contribution >= 4 is 29.0 Å². The van der Waals surface area contributed by atoms with Crippen LogP contribution < -0.4 is 10.2 Å². The molecule has 1 aromatic carbocycles. The van der Waals surface area contributed by atoms with Gasteiger partial charge in [-0.15, -0.1) is 0 Å². The van der Waals surface area contributed by atoms with Gasteiger partial charge >= 0.3 is 0 Å². The van der Waals surface area contributed by atoms with Crippen LogP contribution in [0.3, 0.4) is 0 Å². The van der Waals surface area contributed by atoms with Gasteiger partial charge < -0.3 is 19.6 Å². The van der Waals surface area contributed by atoms with Crippen LogP contribution in [0.25, 0.3) is 0 Å². The molecule has 0 radical (unpaired) electrons. The molecule has 1 fully saturated rings. The van der Waals surface area contributed by atoms with Crippen molar-refractivity contribution in [1.82, 2.24) is 10.1 Å². The van der Waals surface area contributed by atoms with E-state index in [1.54, 1.807) is 25.1 Å². The number of hydrogen-bond donors (Lipinski definition) is 1. The molecule has 0 unspecified atom stereocenters. The van der Waals surface area contributed by atoms with Crippen LogP contribution in [0.4, 0.5) is 17.2 Å². The van der Waals surface area contributed by atoms with E-state index in [1.807, 2.05) is 4.90 Å². The van der Waals surface area contributed by atoms with Gasteiger partial charge in [0.05, 0.1) is 11.5 Å². The predicted molar refractivity (Wildman–Crippen MR) is 111 cm³/mol. The second-order valence-electron chi connectivity index (χ2n) is 7.39. The standard InChI is InChI=1S/C20H25N5O5/c1-14-11-18(22-30-14)21-19(26)13-23(2)20(27)15-7-8-16(17(12-15)25(28)29)24-9-5-3-4-6-10-24/h7-8,11-12H,3-6,9-10,13H2,1-2H3,(H,21,22,26). The van der Waals surface area contributed by atoms with Crippen LogP contribution in [0.5, 0.6) is 0 Å². The molecule has 1 aliphatic rings. The van der Waals surface area contributed by atoms with Crippen LogP contribution in [-0.2, 0) is 4.79 Å². The molecule has 0 spiro atoms. The second kappa shape index (κ2) is 9.38. The van der Waals surface area contributed by atoms with Crippen molar-refractivity contribution in [2.45, 2.75) is 32.6 Å². The van der Waals surface area contributed by atoms with Gasteiger partial charge in [-0.1, -0.05) is 18.0 Å². The van der Waals surface area contributed by atoms with Crippen LogP contribution in [-0.4, -0.2) is 53.5 Å². The minimum absolute atomic E-state index is 0.0985. The molecule has 1 N–H and O–H groups in total. The Balaban J connectivity index is 1.72. The number of carbonyl (C=O) groups excluding carboxylic acids is 2. The summed E-state index contributed by atoms with van der Waals surface area (Å²) in [5, 5.41) is 17.9. The van der Waals surface area contributed by atoms with Gasteiger partial charge in [0.2, 0.25) is 5.91 Å². The van der Waals surface area contributed by atoms with Gasteiger partial charge in [0.25, 0.3) is 11.6 Å². The Kier molecular flexibility index (Phi) is 6.65. The number of carbonyl (C=O) groups is 2. The molecule has 1 saturated heterocycles. The molecule has 0 bridgehead atoms. The van der Waals surface area contributed by atoms with Crippen LogP contribution in [0.2, 0.25) is 0 Å². The number of rotatable bonds is 6. The number of nitro groups is 1. The number of aromatic nitrogens is 1. The quantitative estimate of drug-likeness (QED) is 0.568. The minimum Gasteiger partial charge on any atom is -0.366 e. The Hall–Kier alpha value is -3.43. The van der Waals surface area contributed by atoms with Gasteiger partial charge in [-0.3, -0.25) is 19.7 Å². The molecule has 2 aromatic rings. The van der Waals surface area contributed by atoms with E-state index < -0.39 is 16.7 Å². The number of hydrogen-bond acceptors (Lipinski definition) is 7. The third kappa shape index (κ3) is 5.13. The molecule has 1 aromatic heterocycles. The van der Waals surface area contributed by atoms with Crippen LogP contribution >= 0.6 is 0 Å². The first kappa shape index (κ1) is 21.3. The highest BCUT2D eigenvalue weighted by molar-refractivity contribution is 5.99. The maximum atomic E-state index is 12.7. The lowest BCUT2D eigenvalue weighted by molar-refractivity contribution is -0.384. The first-order chi connectivity index (χ1) is 14.3. The normalized spacial score (nSPS) is 14.1. The Bertz CT molecular complexity index is 933. The Morgan fingerprint density at radius 3 is 2.53 bits per heavy atom. The topological polar surface area (TPSA) is 122 Å². The van der Waals surface area contributed by atoms with E-state index in [9.17, 15) is 19.7 Å². The molecule has 160 valence electrons. The zero-order valence-corrected chi connectivity index (χ0v) is 17.1. The van der Waals surface area contributed by atoms with Crippen molar-refractivity contribution in [2.24, 2.45) is 0 Å². The maximum Gasteiger partial charge on any atom is 0.293 e. The molecule has 3 rings (SSSR count). The van der Waals surface area contributed by atoms with Gasteiger partial charge in [0.15, 0.2) is 5.82 Å². The smallest absolute Gasteiger partial charge is 0.293 e. The second-order valence-corrected chi connectivity index (χ2v) is 7.39. The third-order valence-electron chi connectivity index (χ3n) is 4.99. The number of nitro benzene ring substituents is 1. The van der Waals surface area contributed by atoms with Gasteiger partial charge in [-0.2, -0.15) is 0 Å². The van der Waals surface area contributed by atoms with Crippen LogP contribution in [0.15, 0.2) is 28.8 Å². The van der Waals surface area contributed by atoms with Crippen molar-refractivity contribution in [3.63, 3.8) is 0 Å². The average molecular weight is 415 g/mol. The number of anilines is 2. The highest BCUT2D eigenvalue weighted by Crippen LogP contribution is 2.31. The summed E-state index contributed by atoms with van der Waals surface area (Å²) in [6, 6.07) is 6.05. The fourth-order valence-corrected chi connectivity index (χ4v) is 3.50. The van der Waals surface area contributed by atoms with Gasteiger partial charge in [0.1, 0.15) is 11.4 Å². The summed E-state index contributed by atoms with van der Waals surface area (Å²) in [7, 11) is 1.46. The predicted octanol–water partition coefficient (Wildman–Crippen LogP) is 2.98. The Morgan fingerprint density at radius 2 is 1.93 bits per heavy atom. The summed E-state index contributed by atoms with van der Waals surface area (Å²) in [6.07, 6.45) is 4.20. The fourth-order valence-electron chi connectivity index (χ4n) is 3.50. The average Bonchev–Trinajstić information content (AvgIpc) is 2.94. The van der Waals surface area contributed by atoms with E-state index in [0.29, 0.717) is 11.4 Å². The van der Waals surface area contributed by atoms with Crippen LogP contribution in [0.1, 0.15) is 41.8 Å². The lowest BCUT2D eigenvalue weighted by Crippen LogP contribution is -2.35. The fraction of sp³-hybridized carbons (Fsp3) is 0.450. The Labute approximate surface area is 174 Å². The molecule has 0 saturated carbocycles. The monoisotopic (exact) mass is 415 g/mol. The first-order valence-corrected chi connectivity index (χ1v) is 9.87. The van der Waals surface area contributed by atoms with E-state index in [4.69, 9.17) is 4.52 Å². The van der Waals surface area contributed by atoms with E-state index in [0.717, 1.165) is 38.8 Å². The van der Waals surface area contributed by atoms with Gasteiger partial charge in [-0.25, -0.2) is 0 Å². The number of nitrogens with zero attached hydrogens (tertiary/aromatic N) is 4. The van der Waals surface area contributed by atoms with Crippen LogP contribution in [0, 0.1) is 17.0 Å². The molecular formula is C20H25N5O5. The van der Waals surface area contributed by atoms with E-state index in [2.05, 4.69) is 10.5 Å². The molecule has 30 heavy (non-hydrogen) atoms. The summed E-state index contributed by atoms with van der Waals surface area (Å²) in [4.78, 5) is 39.3. The van der Waals surface area contributed by atoms with Gasteiger partial charge in [-0.05, 0) is 31.9 Å². The molecule has 10 heteroatoms. The van der Waals surface area contributed by atoms with E-state index in [-0.39, 0.29) is 23.6 Å². The molecule has 2 heterocycles. The zero-order valence-electron chi connectivity index (χ0n) is 17.1. The lowest BCUT2D eigenvalue weighted by atomic mass is 10.1. The van der Waals surface area contributed by atoms with Crippen molar-refractivity contribution in [1.29, 1.82) is 0 Å². The van der Waals surface area contributed by atoms with Crippen molar-refractivity contribution in [2.75, 3.05) is 36.9 Å². The Morgan fingerprint density at radius 1 is 1.23 bits per heavy atom. The number of nitrogens with one attached hydrogen (secondary N) is 1. The summed E-state index contributed by atoms with van der Waals surface area (Å²) in [6.45, 7) is 2.98. The van der Waals surface area contributed by atoms with Gasteiger partial charge in [0, 0.05) is 37.8 Å². The summed E-state index contributed by atoms with van der Waals surface area (Å²) in [5.41, 5.74) is 0.590. The molecule has 10 nitrogen and oxygen atoms in total. The summed E-state index contributed by atoms with van der Waals surface area (Å²) < 4.78 is 4.88. The lowest BCUT2D eigenvalue weighted by Gasteiger charge is -2.23. The molecule has 0 aliphatic carbocycles. The number of benzene rings is 1. The first-order valence-electron chi connectivity index (χ1n) is 9.87. The summed E-state index contributed by atoms with van der Waals surface area (Å²) >= 11 is 0. The molecule has 1 aliphatic heterocycles. The molecule has 0 atom stereocenters. The largest absolute Gasteiger partial charge is 0.366 e. The minimum atomic E-state index is -0.480. The van der Waals surface area contributed by atoms with E-state index >= 15 is 0 Å².